The lowest BCUT2D eigenvalue weighted by atomic mass is 9.71. The van der Waals surface area contributed by atoms with E-state index in [0.29, 0.717) is 50.1 Å². The van der Waals surface area contributed by atoms with Gasteiger partial charge in [0.1, 0.15) is 17.6 Å². The molecule has 0 aromatic heterocycles. The molecule has 6 fully saturated rings. The van der Waals surface area contributed by atoms with Crippen LogP contribution in [-0.2, 0) is 19.2 Å². The smallest absolute Gasteiger partial charge is 0.237 e. The van der Waals surface area contributed by atoms with Crippen molar-refractivity contribution in [3.05, 3.63) is 0 Å². The van der Waals surface area contributed by atoms with Gasteiger partial charge in [0.25, 0.3) is 0 Å². The first-order chi connectivity index (χ1) is 18.5. The summed E-state index contributed by atoms with van der Waals surface area (Å²) in [6, 6.07) is 0. The number of carbonyl (C=O) groups is 4. The molecule has 6 saturated heterocycles. The Morgan fingerprint density at radius 1 is 0.487 bits per heavy atom. The molecule has 220 valence electrons. The van der Waals surface area contributed by atoms with Crippen LogP contribution in [0.5, 0.6) is 0 Å². The van der Waals surface area contributed by atoms with Crippen molar-refractivity contribution in [1.29, 1.82) is 0 Å². The maximum absolute atomic E-state index is 12.0. The van der Waals surface area contributed by atoms with Crippen LogP contribution in [0, 0.1) is 21.7 Å². The highest BCUT2D eigenvalue weighted by Gasteiger charge is 2.68. The van der Waals surface area contributed by atoms with Gasteiger partial charge in [-0.2, -0.15) is 0 Å². The fourth-order valence-electron chi connectivity index (χ4n) is 7.57. The monoisotopic (exact) mass is 646 g/mol. The summed E-state index contributed by atoms with van der Waals surface area (Å²) in [6.07, 6.45) is 0. The van der Waals surface area contributed by atoms with Gasteiger partial charge in [0.15, 0.2) is 0 Å². The zero-order chi connectivity index (χ0) is 28.5. The van der Waals surface area contributed by atoms with Crippen LogP contribution in [0.3, 0.4) is 0 Å². The Balaban J connectivity index is 0.000000180. The summed E-state index contributed by atoms with van der Waals surface area (Å²) in [5.41, 5.74) is 0.510. The molecule has 0 spiro atoms. The van der Waals surface area contributed by atoms with Crippen LogP contribution < -0.4 is 16.0 Å². The van der Waals surface area contributed by atoms with E-state index < -0.39 is 5.24 Å². The second kappa shape index (κ2) is 12.3. The van der Waals surface area contributed by atoms with E-state index in [0.717, 1.165) is 0 Å². The molecule has 10 nitrogen and oxygen atoms in total. The molecule has 6 aliphatic heterocycles. The maximum Gasteiger partial charge on any atom is 0.237 e. The van der Waals surface area contributed by atoms with E-state index in [1.165, 1.54) is 39.3 Å². The van der Waals surface area contributed by atoms with Crippen molar-refractivity contribution >= 4 is 81.0 Å². The van der Waals surface area contributed by atoms with Crippen molar-refractivity contribution in [1.82, 2.24) is 30.7 Å². The molecule has 0 aromatic rings. The van der Waals surface area contributed by atoms with Gasteiger partial charge in [0, 0.05) is 100 Å². The van der Waals surface area contributed by atoms with E-state index in [1.54, 1.807) is 14.7 Å². The molecule has 6 rings (SSSR count). The van der Waals surface area contributed by atoms with E-state index in [4.69, 9.17) is 58.0 Å². The van der Waals surface area contributed by atoms with Crippen LogP contribution in [0.2, 0.25) is 0 Å². The molecular formula is C24H35Cl5N6O4. The van der Waals surface area contributed by atoms with Gasteiger partial charge in [-0.3, -0.25) is 19.2 Å². The second-order valence-corrected chi connectivity index (χ2v) is 13.1. The molecule has 0 bridgehead atoms. The predicted molar refractivity (Wildman–Crippen MR) is 152 cm³/mol. The Kier molecular flexibility index (Phi) is 9.91. The fourth-order valence-corrected chi connectivity index (χ4v) is 8.08. The van der Waals surface area contributed by atoms with Crippen molar-refractivity contribution in [3.63, 3.8) is 0 Å². The minimum Gasteiger partial charge on any atom is -0.340 e. The standard InChI is InChI=1S/C14H18Cl3N3O3.C8H15N3.C2H2Cl2O/c15-1-10(21)18-4-13-6-19(11(22)2-16)7-14(13,5-18)9-20(8-13)12(23)3-17;1-7-2-10-5-8(7,4-9-1)6-11-3-7;3-1-2(4)5/h1-9H2;9-11H,1-6H2;1H2. The van der Waals surface area contributed by atoms with E-state index in [2.05, 4.69) is 16.0 Å². The van der Waals surface area contributed by atoms with Crippen LogP contribution in [0.1, 0.15) is 0 Å². The topological polar surface area (TPSA) is 114 Å². The molecule has 39 heavy (non-hydrogen) atoms. The molecule has 0 unspecified atom stereocenters. The normalized spacial score (nSPS) is 35.4. The summed E-state index contributed by atoms with van der Waals surface area (Å²) < 4.78 is 0. The lowest BCUT2D eigenvalue weighted by molar-refractivity contribution is -0.131. The van der Waals surface area contributed by atoms with Crippen LogP contribution in [0.15, 0.2) is 0 Å². The molecule has 3 N–H and O–H groups in total. The summed E-state index contributed by atoms with van der Waals surface area (Å²) in [5, 5.41) is 10.1. The summed E-state index contributed by atoms with van der Waals surface area (Å²) in [5.74, 6) is -0.573. The molecule has 3 amide bonds. The Morgan fingerprint density at radius 2 is 0.718 bits per heavy atom. The molecular weight excluding hydrogens is 614 g/mol. The third-order valence-electron chi connectivity index (χ3n) is 9.50. The number of hydrogen-bond acceptors (Lipinski definition) is 7. The van der Waals surface area contributed by atoms with Crippen LogP contribution in [-0.4, -0.2) is 140 Å². The molecule has 15 heteroatoms. The summed E-state index contributed by atoms with van der Waals surface area (Å²) in [6.45, 7) is 10.4. The Labute approximate surface area is 253 Å². The van der Waals surface area contributed by atoms with E-state index in [1.807, 2.05) is 0 Å². The van der Waals surface area contributed by atoms with E-state index in [9.17, 15) is 19.2 Å². The average Bonchev–Trinajstić information content (AvgIpc) is 3.68. The Bertz CT molecular complexity index is 843. The Morgan fingerprint density at radius 3 is 0.897 bits per heavy atom. The molecule has 0 radical (unpaired) electrons. The van der Waals surface area contributed by atoms with Crippen molar-refractivity contribution in [2.45, 2.75) is 0 Å². The number of likely N-dealkylation sites (tertiary alicyclic amines) is 3. The third-order valence-corrected chi connectivity index (χ3v) is 10.7. The van der Waals surface area contributed by atoms with E-state index in [-0.39, 0.29) is 52.1 Å². The lowest BCUT2D eigenvalue weighted by Gasteiger charge is -2.30. The minimum absolute atomic E-state index is 0.0548. The highest BCUT2D eigenvalue weighted by molar-refractivity contribution is 6.67. The van der Waals surface area contributed by atoms with Crippen LogP contribution in [0.4, 0.5) is 0 Å². The lowest BCUT2D eigenvalue weighted by Crippen LogP contribution is -2.45. The predicted octanol–water partition coefficient (Wildman–Crippen LogP) is -0.0384. The van der Waals surface area contributed by atoms with Gasteiger partial charge in [-0.25, -0.2) is 0 Å². The van der Waals surface area contributed by atoms with Gasteiger partial charge in [-0.1, -0.05) is 0 Å². The second-order valence-electron chi connectivity index (χ2n) is 11.6. The van der Waals surface area contributed by atoms with Gasteiger partial charge in [0.05, 0.1) is 5.88 Å². The highest BCUT2D eigenvalue weighted by atomic mass is 35.5. The van der Waals surface area contributed by atoms with Crippen molar-refractivity contribution in [2.75, 3.05) is 102 Å². The molecule has 0 aliphatic carbocycles. The molecule has 0 saturated carbocycles. The molecule has 6 heterocycles. The van der Waals surface area contributed by atoms with Gasteiger partial charge in [-0.05, 0) is 11.6 Å². The van der Waals surface area contributed by atoms with E-state index >= 15 is 0 Å². The third kappa shape index (κ3) is 5.61. The van der Waals surface area contributed by atoms with Crippen molar-refractivity contribution < 1.29 is 19.2 Å². The molecule has 0 aromatic carbocycles. The van der Waals surface area contributed by atoms with Crippen LogP contribution in [0.25, 0.3) is 0 Å². The Hall–Kier alpha value is -0.590. The number of halogens is 5. The quantitative estimate of drug-likeness (QED) is 0.290. The largest absolute Gasteiger partial charge is 0.340 e. The van der Waals surface area contributed by atoms with Gasteiger partial charge < -0.3 is 30.7 Å². The fraction of sp³-hybridized carbons (Fsp3) is 0.833. The van der Waals surface area contributed by atoms with Crippen molar-refractivity contribution in [3.8, 4) is 0 Å². The maximum atomic E-state index is 12.0. The number of alkyl halides is 4. The number of rotatable bonds is 4. The summed E-state index contributed by atoms with van der Waals surface area (Å²) >= 11 is 26.6. The molecule has 6 aliphatic rings. The van der Waals surface area contributed by atoms with Gasteiger partial charge in [-0.15, -0.1) is 46.4 Å². The zero-order valence-electron chi connectivity index (χ0n) is 21.7. The highest BCUT2D eigenvalue weighted by Crippen LogP contribution is 2.57. The van der Waals surface area contributed by atoms with Crippen molar-refractivity contribution in [2.24, 2.45) is 21.7 Å². The number of nitrogens with zero attached hydrogens (tertiary/aromatic N) is 3. The number of carbonyl (C=O) groups excluding carboxylic acids is 4. The summed E-state index contributed by atoms with van der Waals surface area (Å²) in [4.78, 5) is 50.7. The van der Waals surface area contributed by atoms with Gasteiger partial charge in [0.2, 0.25) is 23.0 Å². The first-order valence-electron chi connectivity index (χ1n) is 12.9. The first kappa shape index (κ1) is 31.3. The zero-order valence-corrected chi connectivity index (χ0v) is 25.5. The SMILES string of the molecule is C1NCC23CNCC12CNC3.O=C(CCl)N1CC23CN(C(=O)CCl)CC2(C1)CN(C(=O)CCl)C3.O=C(Cl)CCl. The van der Waals surface area contributed by atoms with Crippen LogP contribution >= 0.6 is 58.0 Å². The minimum atomic E-state index is -0.508. The molecule has 0 atom stereocenters. The average molecular weight is 649 g/mol. The number of amides is 3. The van der Waals surface area contributed by atoms with Gasteiger partial charge >= 0.3 is 0 Å². The number of nitrogens with one attached hydrogen (secondary N) is 3. The first-order valence-corrected chi connectivity index (χ1v) is 15.4. The summed E-state index contributed by atoms with van der Waals surface area (Å²) in [7, 11) is 0. The number of hydrogen-bond donors (Lipinski definition) is 3.